The van der Waals surface area contributed by atoms with Gasteiger partial charge >= 0.3 is 12.1 Å². The maximum absolute atomic E-state index is 12.4. The van der Waals surface area contributed by atoms with Gasteiger partial charge in [0.2, 0.25) is 0 Å². The predicted molar refractivity (Wildman–Crippen MR) is 113 cm³/mol. The van der Waals surface area contributed by atoms with Crippen LogP contribution < -0.4 is 5.32 Å². The number of fused-ring (bicyclic) bond motifs is 3. The molecule has 0 saturated heterocycles. The average Bonchev–Trinajstić information content (AvgIpc) is 3.05. The van der Waals surface area contributed by atoms with Crippen LogP contribution >= 0.6 is 0 Å². The number of Topliss-reactive ketones (excluding diaryl/α,β-unsaturated/α-hetero) is 1. The smallest absolute Gasteiger partial charge is 0.407 e. The maximum Gasteiger partial charge on any atom is 0.407 e. The molecule has 158 valence electrons. The highest BCUT2D eigenvalue weighted by molar-refractivity contribution is 5.90. The summed E-state index contributed by atoms with van der Waals surface area (Å²) in [6.07, 6.45) is -0.532. The Labute approximate surface area is 176 Å². The number of carbonyl (C=O) groups excluding carboxylic acids is 2. The molecule has 2 N–H and O–H groups in total. The van der Waals surface area contributed by atoms with Crippen molar-refractivity contribution in [3.63, 3.8) is 0 Å². The lowest BCUT2D eigenvalue weighted by molar-refractivity contribution is -0.142. The molecular weight excluding hydrogens is 382 g/mol. The molecule has 2 aromatic rings. The van der Waals surface area contributed by atoms with Gasteiger partial charge in [-0.05, 0) is 28.7 Å². The zero-order valence-electron chi connectivity index (χ0n) is 17.5. The number of rotatable bonds is 8. The van der Waals surface area contributed by atoms with Crippen molar-refractivity contribution in [1.82, 2.24) is 5.32 Å². The number of aliphatic carboxylic acids is 1. The van der Waals surface area contributed by atoms with E-state index in [1.165, 1.54) is 0 Å². The Balaban J connectivity index is 1.66. The maximum atomic E-state index is 12.4. The van der Waals surface area contributed by atoms with E-state index in [1.807, 2.05) is 55.5 Å². The topological polar surface area (TPSA) is 92.7 Å². The van der Waals surface area contributed by atoms with Crippen LogP contribution in [-0.4, -0.2) is 35.6 Å². The van der Waals surface area contributed by atoms with Gasteiger partial charge in [-0.1, -0.05) is 69.3 Å². The van der Waals surface area contributed by atoms with Crippen LogP contribution in [0.25, 0.3) is 11.1 Å². The second kappa shape index (κ2) is 8.69. The van der Waals surface area contributed by atoms with Gasteiger partial charge in [-0.2, -0.15) is 0 Å². The summed E-state index contributed by atoms with van der Waals surface area (Å²) >= 11 is 0. The average molecular weight is 409 g/mol. The van der Waals surface area contributed by atoms with Gasteiger partial charge in [-0.15, -0.1) is 0 Å². The molecule has 6 heteroatoms. The van der Waals surface area contributed by atoms with Crippen molar-refractivity contribution in [3.8, 4) is 11.1 Å². The van der Waals surface area contributed by atoms with Gasteiger partial charge < -0.3 is 15.2 Å². The van der Waals surface area contributed by atoms with Crippen molar-refractivity contribution in [2.75, 3.05) is 6.61 Å². The number of benzene rings is 2. The Morgan fingerprint density at radius 2 is 1.57 bits per heavy atom. The first kappa shape index (κ1) is 21.6. The molecule has 0 radical (unpaired) electrons. The molecule has 1 aliphatic carbocycles. The van der Waals surface area contributed by atoms with Crippen LogP contribution in [0.3, 0.4) is 0 Å². The van der Waals surface area contributed by atoms with Crippen molar-refractivity contribution in [2.45, 2.75) is 45.6 Å². The SMILES string of the molecule is CCC(C)(C)C(=O)CC(NC(=O)OCC1c2ccccc2-c2ccccc21)C(=O)O. The van der Waals surface area contributed by atoms with Gasteiger partial charge in [0.15, 0.2) is 0 Å². The third kappa shape index (κ3) is 4.37. The first-order valence-corrected chi connectivity index (χ1v) is 10.1. The van der Waals surface area contributed by atoms with Crippen LogP contribution in [0.15, 0.2) is 48.5 Å². The summed E-state index contributed by atoms with van der Waals surface area (Å²) in [4.78, 5) is 36.3. The van der Waals surface area contributed by atoms with E-state index in [2.05, 4.69) is 5.32 Å². The fourth-order valence-corrected chi connectivity index (χ4v) is 3.64. The number of nitrogens with one attached hydrogen (secondary N) is 1. The minimum Gasteiger partial charge on any atom is -0.480 e. The van der Waals surface area contributed by atoms with Gasteiger partial charge in [-0.3, -0.25) is 4.79 Å². The van der Waals surface area contributed by atoms with Crippen molar-refractivity contribution in [2.24, 2.45) is 5.41 Å². The van der Waals surface area contributed by atoms with Gasteiger partial charge in [0.1, 0.15) is 18.4 Å². The number of amides is 1. The standard InChI is InChI=1S/C24H27NO5/c1-4-24(2,3)21(26)13-20(22(27)28)25-23(29)30-14-19-17-11-7-5-9-15(17)16-10-6-8-12-18(16)19/h5-12,19-20H,4,13-14H2,1-3H3,(H,25,29)(H,27,28). The Morgan fingerprint density at radius 3 is 2.07 bits per heavy atom. The van der Waals surface area contributed by atoms with E-state index in [9.17, 15) is 19.5 Å². The first-order valence-electron chi connectivity index (χ1n) is 10.1. The third-order valence-electron chi connectivity index (χ3n) is 5.96. The van der Waals surface area contributed by atoms with E-state index in [0.29, 0.717) is 6.42 Å². The van der Waals surface area contributed by atoms with Crippen LogP contribution in [0.4, 0.5) is 4.79 Å². The second-order valence-corrected chi connectivity index (χ2v) is 8.23. The summed E-state index contributed by atoms with van der Waals surface area (Å²) in [5, 5.41) is 11.8. The summed E-state index contributed by atoms with van der Waals surface area (Å²) in [7, 11) is 0. The zero-order chi connectivity index (χ0) is 21.9. The van der Waals surface area contributed by atoms with E-state index < -0.39 is 23.5 Å². The summed E-state index contributed by atoms with van der Waals surface area (Å²) in [6, 6.07) is 14.6. The largest absolute Gasteiger partial charge is 0.480 e. The fourth-order valence-electron chi connectivity index (χ4n) is 3.64. The lowest BCUT2D eigenvalue weighted by atomic mass is 9.82. The lowest BCUT2D eigenvalue weighted by Gasteiger charge is -2.23. The van der Waals surface area contributed by atoms with E-state index in [-0.39, 0.29) is 24.7 Å². The van der Waals surface area contributed by atoms with Gasteiger partial charge in [0.25, 0.3) is 0 Å². The van der Waals surface area contributed by atoms with Crippen molar-refractivity contribution < 1.29 is 24.2 Å². The molecule has 0 spiro atoms. The van der Waals surface area contributed by atoms with E-state index in [1.54, 1.807) is 13.8 Å². The summed E-state index contributed by atoms with van der Waals surface area (Å²) < 4.78 is 5.39. The fraction of sp³-hybridized carbons (Fsp3) is 0.375. The van der Waals surface area contributed by atoms with Crippen molar-refractivity contribution in [3.05, 3.63) is 59.7 Å². The molecule has 30 heavy (non-hydrogen) atoms. The second-order valence-electron chi connectivity index (χ2n) is 8.23. The number of hydrogen-bond donors (Lipinski definition) is 2. The molecule has 1 amide bonds. The van der Waals surface area contributed by atoms with E-state index in [0.717, 1.165) is 22.3 Å². The predicted octanol–water partition coefficient (Wildman–Crippen LogP) is 4.37. The van der Waals surface area contributed by atoms with Crippen LogP contribution in [0.2, 0.25) is 0 Å². The van der Waals surface area contributed by atoms with E-state index >= 15 is 0 Å². The van der Waals surface area contributed by atoms with Gasteiger partial charge in [0.05, 0.1) is 0 Å². The van der Waals surface area contributed by atoms with Crippen LogP contribution in [0.5, 0.6) is 0 Å². The number of carboxylic acids is 1. The molecule has 0 aromatic heterocycles. The molecule has 0 aliphatic heterocycles. The molecule has 2 aromatic carbocycles. The highest BCUT2D eigenvalue weighted by Crippen LogP contribution is 2.44. The number of ketones is 1. The van der Waals surface area contributed by atoms with Crippen molar-refractivity contribution >= 4 is 17.8 Å². The van der Waals surface area contributed by atoms with Crippen LogP contribution in [0, 0.1) is 5.41 Å². The molecule has 3 rings (SSSR count). The zero-order valence-corrected chi connectivity index (χ0v) is 17.5. The van der Waals surface area contributed by atoms with Crippen LogP contribution in [0.1, 0.15) is 50.7 Å². The van der Waals surface area contributed by atoms with Crippen LogP contribution in [-0.2, 0) is 14.3 Å². The Morgan fingerprint density at radius 1 is 1.03 bits per heavy atom. The normalized spacial score (nSPS) is 13.8. The van der Waals surface area contributed by atoms with Crippen molar-refractivity contribution in [1.29, 1.82) is 0 Å². The number of hydrogen-bond acceptors (Lipinski definition) is 4. The Bertz CT molecular complexity index is 920. The number of carbonyl (C=O) groups is 3. The molecule has 0 saturated carbocycles. The quantitative estimate of drug-likeness (QED) is 0.675. The monoisotopic (exact) mass is 409 g/mol. The molecule has 1 atom stereocenters. The minimum atomic E-state index is -1.32. The van der Waals surface area contributed by atoms with E-state index in [4.69, 9.17) is 4.74 Å². The lowest BCUT2D eigenvalue weighted by Crippen LogP contribution is -2.44. The minimum absolute atomic E-state index is 0.0839. The Kier molecular flexibility index (Phi) is 6.25. The Hall–Kier alpha value is -3.15. The highest BCUT2D eigenvalue weighted by Gasteiger charge is 2.33. The molecule has 0 heterocycles. The summed E-state index contributed by atoms with van der Waals surface area (Å²) in [5.41, 5.74) is 3.72. The first-order chi connectivity index (χ1) is 14.2. The number of alkyl carbamates (subject to hydrolysis) is 1. The van der Waals surface area contributed by atoms with Gasteiger partial charge in [0, 0.05) is 17.8 Å². The molecule has 6 nitrogen and oxygen atoms in total. The number of carboxylic acid groups (broad SMARTS) is 1. The highest BCUT2D eigenvalue weighted by atomic mass is 16.5. The molecule has 1 aliphatic rings. The summed E-state index contributed by atoms with van der Waals surface area (Å²) in [6.45, 7) is 5.48. The summed E-state index contributed by atoms with van der Waals surface area (Å²) in [5.74, 6) is -1.59. The molecule has 0 bridgehead atoms. The van der Waals surface area contributed by atoms with Gasteiger partial charge in [-0.25, -0.2) is 9.59 Å². The molecule has 1 unspecified atom stereocenters. The molecular formula is C24H27NO5. The molecule has 0 fully saturated rings. The third-order valence-corrected chi connectivity index (χ3v) is 5.96. The number of ether oxygens (including phenoxy) is 1.